The molecule has 0 aliphatic carbocycles. The van der Waals surface area contributed by atoms with Gasteiger partial charge in [0.05, 0.1) is 18.9 Å². The largest absolute Gasteiger partial charge is 0.493 e. The van der Waals surface area contributed by atoms with E-state index in [-0.39, 0.29) is 17.9 Å². The summed E-state index contributed by atoms with van der Waals surface area (Å²) in [5, 5.41) is 4.94. The van der Waals surface area contributed by atoms with Crippen LogP contribution in [-0.4, -0.2) is 19.1 Å². The molecule has 4 nitrogen and oxygen atoms in total. The first kappa shape index (κ1) is 14.9. The van der Waals surface area contributed by atoms with E-state index in [0.717, 1.165) is 17.0 Å². The molecule has 22 heavy (non-hydrogen) atoms. The Morgan fingerprint density at radius 1 is 1.27 bits per heavy atom. The van der Waals surface area contributed by atoms with Crippen LogP contribution in [0.3, 0.4) is 0 Å². The Hall–Kier alpha value is -2.01. The maximum absolute atomic E-state index is 11.9. The number of carbonyl (C=O) groups excluding carboxylic acids is 1. The third kappa shape index (κ3) is 2.81. The lowest BCUT2D eigenvalue weighted by Crippen LogP contribution is -2.22. The first-order valence-electron chi connectivity index (χ1n) is 7.30. The maximum atomic E-state index is 11.9. The van der Waals surface area contributed by atoms with Gasteiger partial charge in [-0.15, -0.1) is 11.3 Å². The van der Waals surface area contributed by atoms with Crippen molar-refractivity contribution in [3.63, 3.8) is 0 Å². The van der Waals surface area contributed by atoms with Gasteiger partial charge in [0.25, 0.3) is 0 Å². The molecule has 1 amide bonds. The SMILES string of the molecule is COc1ccc([C@@H]2CC(=O)Nc3ccsc32)cc1OC(C)C. The zero-order valence-electron chi connectivity index (χ0n) is 12.9. The summed E-state index contributed by atoms with van der Waals surface area (Å²) < 4.78 is 11.2. The molecular weight excluding hydrogens is 298 g/mol. The topological polar surface area (TPSA) is 47.6 Å². The molecule has 2 heterocycles. The van der Waals surface area contributed by atoms with E-state index in [0.29, 0.717) is 12.2 Å². The predicted molar refractivity (Wildman–Crippen MR) is 88.2 cm³/mol. The van der Waals surface area contributed by atoms with Crippen molar-refractivity contribution in [1.29, 1.82) is 0 Å². The number of thiophene rings is 1. The lowest BCUT2D eigenvalue weighted by atomic mass is 9.90. The van der Waals surface area contributed by atoms with Gasteiger partial charge in [0.1, 0.15) is 0 Å². The zero-order valence-corrected chi connectivity index (χ0v) is 13.7. The number of amides is 1. The van der Waals surface area contributed by atoms with Crippen LogP contribution in [0.2, 0.25) is 0 Å². The summed E-state index contributed by atoms with van der Waals surface area (Å²) in [7, 11) is 1.63. The molecule has 1 N–H and O–H groups in total. The molecular formula is C17H19NO3S. The fourth-order valence-electron chi connectivity index (χ4n) is 2.70. The van der Waals surface area contributed by atoms with E-state index in [9.17, 15) is 4.79 Å². The number of benzene rings is 1. The summed E-state index contributed by atoms with van der Waals surface area (Å²) in [4.78, 5) is 13.1. The molecule has 0 fully saturated rings. The van der Waals surface area contributed by atoms with Gasteiger partial charge in [0, 0.05) is 17.2 Å². The molecule has 3 rings (SSSR count). The summed E-state index contributed by atoms with van der Waals surface area (Å²) in [6, 6.07) is 7.87. The molecule has 0 spiro atoms. The summed E-state index contributed by atoms with van der Waals surface area (Å²) in [5.41, 5.74) is 2.00. The fraction of sp³-hybridized carbons (Fsp3) is 0.353. The minimum absolute atomic E-state index is 0.0537. The second-order valence-corrected chi connectivity index (χ2v) is 6.53. The Balaban J connectivity index is 2.00. The average Bonchev–Trinajstić information content (AvgIpc) is 2.93. The van der Waals surface area contributed by atoms with Crippen LogP contribution in [0.4, 0.5) is 5.69 Å². The Morgan fingerprint density at radius 3 is 2.82 bits per heavy atom. The van der Waals surface area contributed by atoms with Crippen LogP contribution >= 0.6 is 11.3 Å². The molecule has 1 aromatic carbocycles. The zero-order chi connectivity index (χ0) is 15.7. The van der Waals surface area contributed by atoms with Gasteiger partial charge in [-0.2, -0.15) is 0 Å². The average molecular weight is 317 g/mol. The standard InChI is InChI=1S/C17H19NO3S/c1-10(2)21-15-8-11(4-5-14(15)20-3)12-9-16(19)18-13-6-7-22-17(12)13/h4-8,10,12H,9H2,1-3H3,(H,18,19)/t12-/m0/s1. The second kappa shape index (κ2) is 6.01. The molecule has 5 heteroatoms. The van der Waals surface area contributed by atoms with Crippen molar-refractivity contribution in [2.75, 3.05) is 12.4 Å². The van der Waals surface area contributed by atoms with Crippen LogP contribution in [0.5, 0.6) is 11.5 Å². The van der Waals surface area contributed by atoms with Crippen LogP contribution in [-0.2, 0) is 4.79 Å². The van der Waals surface area contributed by atoms with Crippen LogP contribution in [0.15, 0.2) is 29.6 Å². The highest BCUT2D eigenvalue weighted by molar-refractivity contribution is 7.10. The van der Waals surface area contributed by atoms with Crippen LogP contribution in [0.25, 0.3) is 0 Å². The van der Waals surface area contributed by atoms with E-state index in [1.54, 1.807) is 18.4 Å². The first-order chi connectivity index (χ1) is 10.6. The third-order valence-electron chi connectivity index (χ3n) is 3.63. The van der Waals surface area contributed by atoms with Crippen LogP contribution < -0.4 is 14.8 Å². The number of nitrogens with one attached hydrogen (secondary N) is 1. The molecule has 1 aliphatic rings. The van der Waals surface area contributed by atoms with E-state index >= 15 is 0 Å². The first-order valence-corrected chi connectivity index (χ1v) is 8.18. The fourth-order valence-corrected chi connectivity index (χ4v) is 3.68. The molecule has 0 saturated carbocycles. The lowest BCUT2D eigenvalue weighted by Gasteiger charge is -2.24. The van der Waals surface area contributed by atoms with E-state index in [1.807, 2.05) is 43.5 Å². The van der Waals surface area contributed by atoms with Gasteiger partial charge in [-0.3, -0.25) is 4.79 Å². The van der Waals surface area contributed by atoms with Crippen molar-refractivity contribution in [2.45, 2.75) is 32.3 Å². The number of anilines is 1. The van der Waals surface area contributed by atoms with E-state index in [2.05, 4.69) is 5.32 Å². The molecule has 0 bridgehead atoms. The molecule has 0 radical (unpaired) electrons. The van der Waals surface area contributed by atoms with Crippen LogP contribution in [0.1, 0.15) is 36.6 Å². The smallest absolute Gasteiger partial charge is 0.225 e. The van der Waals surface area contributed by atoms with Crippen molar-refractivity contribution >= 4 is 22.9 Å². The Morgan fingerprint density at radius 2 is 2.09 bits per heavy atom. The van der Waals surface area contributed by atoms with Crippen molar-refractivity contribution in [1.82, 2.24) is 0 Å². The Labute approximate surface area is 134 Å². The highest BCUT2D eigenvalue weighted by Crippen LogP contribution is 2.42. The number of hydrogen-bond donors (Lipinski definition) is 1. The third-order valence-corrected chi connectivity index (χ3v) is 4.66. The summed E-state index contributed by atoms with van der Waals surface area (Å²) in [6.45, 7) is 3.97. The van der Waals surface area contributed by atoms with Gasteiger partial charge in [-0.05, 0) is 43.0 Å². The number of carbonyl (C=O) groups is 1. The van der Waals surface area contributed by atoms with Crippen molar-refractivity contribution in [3.05, 3.63) is 40.1 Å². The van der Waals surface area contributed by atoms with E-state index in [1.165, 1.54) is 4.88 Å². The van der Waals surface area contributed by atoms with Gasteiger partial charge < -0.3 is 14.8 Å². The lowest BCUT2D eigenvalue weighted by molar-refractivity contribution is -0.116. The maximum Gasteiger partial charge on any atom is 0.225 e. The normalized spacial score (nSPS) is 17.1. The Kier molecular flexibility index (Phi) is 4.07. The number of methoxy groups -OCH3 is 1. The minimum atomic E-state index is 0.0537. The number of fused-ring (bicyclic) bond motifs is 1. The molecule has 1 aromatic heterocycles. The highest BCUT2D eigenvalue weighted by atomic mass is 32.1. The Bertz CT molecular complexity index is 693. The molecule has 0 saturated heterocycles. The van der Waals surface area contributed by atoms with Gasteiger partial charge >= 0.3 is 0 Å². The van der Waals surface area contributed by atoms with Gasteiger partial charge in [-0.25, -0.2) is 0 Å². The van der Waals surface area contributed by atoms with Gasteiger partial charge in [0.2, 0.25) is 5.91 Å². The second-order valence-electron chi connectivity index (χ2n) is 5.58. The van der Waals surface area contributed by atoms with Gasteiger partial charge in [0.15, 0.2) is 11.5 Å². The summed E-state index contributed by atoms with van der Waals surface area (Å²) in [5.74, 6) is 1.56. The van der Waals surface area contributed by atoms with E-state index in [4.69, 9.17) is 9.47 Å². The number of hydrogen-bond acceptors (Lipinski definition) is 4. The van der Waals surface area contributed by atoms with Crippen molar-refractivity contribution in [2.24, 2.45) is 0 Å². The predicted octanol–water partition coefficient (Wildman–Crippen LogP) is 4.02. The van der Waals surface area contributed by atoms with Crippen molar-refractivity contribution in [3.8, 4) is 11.5 Å². The molecule has 2 aromatic rings. The van der Waals surface area contributed by atoms with E-state index < -0.39 is 0 Å². The molecule has 1 atom stereocenters. The summed E-state index contributed by atoms with van der Waals surface area (Å²) in [6.07, 6.45) is 0.525. The van der Waals surface area contributed by atoms with Gasteiger partial charge in [-0.1, -0.05) is 6.07 Å². The number of ether oxygens (including phenoxy) is 2. The minimum Gasteiger partial charge on any atom is -0.493 e. The monoisotopic (exact) mass is 317 g/mol. The molecule has 116 valence electrons. The molecule has 0 unspecified atom stereocenters. The van der Waals surface area contributed by atoms with Crippen molar-refractivity contribution < 1.29 is 14.3 Å². The summed E-state index contributed by atoms with van der Waals surface area (Å²) >= 11 is 1.67. The highest BCUT2D eigenvalue weighted by Gasteiger charge is 2.28. The molecule has 1 aliphatic heterocycles. The number of rotatable bonds is 4. The van der Waals surface area contributed by atoms with Crippen LogP contribution in [0, 0.1) is 0 Å². The quantitative estimate of drug-likeness (QED) is 0.926.